The molecule has 0 heterocycles. The van der Waals surface area contributed by atoms with Crippen molar-refractivity contribution >= 4 is 17.9 Å². The van der Waals surface area contributed by atoms with Crippen LogP contribution in [0.1, 0.15) is 181 Å². The third kappa shape index (κ3) is 35.0. The van der Waals surface area contributed by atoms with Crippen molar-refractivity contribution in [2.24, 2.45) is 0 Å². The molecule has 0 aliphatic rings. The van der Waals surface area contributed by atoms with Crippen LogP contribution in [0.5, 0.6) is 0 Å². The van der Waals surface area contributed by atoms with Gasteiger partial charge >= 0.3 is 11.9 Å². The minimum atomic E-state index is -1.13. The minimum absolute atomic E-state index is 0.0331. The fourth-order valence-electron chi connectivity index (χ4n) is 6.09. The van der Waals surface area contributed by atoms with Crippen LogP contribution < -0.4 is 5.11 Å². The first-order valence-electron chi connectivity index (χ1n) is 21.5. The van der Waals surface area contributed by atoms with E-state index in [9.17, 15) is 19.5 Å². The Bertz CT molecular complexity index is 968. The van der Waals surface area contributed by atoms with E-state index >= 15 is 0 Å². The number of carboxylic acids is 1. The Morgan fingerprint density at radius 1 is 0.566 bits per heavy atom. The zero-order valence-corrected chi connectivity index (χ0v) is 34.9. The summed E-state index contributed by atoms with van der Waals surface area (Å²) in [5.74, 6) is -1.76. The summed E-state index contributed by atoms with van der Waals surface area (Å²) in [6.45, 7) is 4.60. The van der Waals surface area contributed by atoms with Crippen LogP contribution in [0.15, 0.2) is 36.5 Å². The number of carboxylic acid groups (broad SMARTS) is 1. The lowest BCUT2D eigenvalue weighted by atomic mass is 10.1. The zero-order chi connectivity index (χ0) is 39.3. The monoisotopic (exact) mass is 748 g/mol. The van der Waals surface area contributed by atoms with Gasteiger partial charge in [-0.1, -0.05) is 127 Å². The van der Waals surface area contributed by atoms with Crippen LogP contribution >= 0.6 is 0 Å². The fourth-order valence-corrected chi connectivity index (χ4v) is 6.09. The molecule has 0 rings (SSSR count). The highest BCUT2D eigenvalue weighted by Gasteiger charge is 2.25. The summed E-state index contributed by atoms with van der Waals surface area (Å²) < 4.78 is 17.1. The third-order valence-electron chi connectivity index (χ3n) is 9.50. The standard InChI is InChI=1S/C45H81NO7/c1-6-8-10-12-14-16-18-20-22-24-26-28-30-32-34-36-44(48)53-41(39-51-38-37-42(45(49)50)46(3,4)5)40-52-43(47)35-33-31-29-27-25-23-21-19-17-15-13-11-9-7-2/h14,16,19-22,41-42H,6-13,15,17-18,23-40H2,1-5H3/b16-14-,21-19-,22-20-. The Morgan fingerprint density at radius 3 is 1.51 bits per heavy atom. The van der Waals surface area contributed by atoms with E-state index in [1.165, 1.54) is 70.6 Å². The smallest absolute Gasteiger partial charge is 0.306 e. The normalized spacial score (nSPS) is 13.3. The molecule has 2 atom stereocenters. The van der Waals surface area contributed by atoms with Crippen LogP contribution in [0.25, 0.3) is 0 Å². The molecule has 0 amide bonds. The van der Waals surface area contributed by atoms with Crippen LogP contribution in [-0.4, -0.2) is 75.5 Å². The molecule has 0 aromatic carbocycles. The second-order valence-corrected chi connectivity index (χ2v) is 15.6. The summed E-state index contributed by atoms with van der Waals surface area (Å²) in [6.07, 6.45) is 40.2. The number of unbranched alkanes of at least 4 members (excludes halogenated alkanes) is 18. The largest absolute Gasteiger partial charge is 0.544 e. The number of aliphatic carboxylic acids is 1. The Labute approximate surface area is 325 Å². The van der Waals surface area contributed by atoms with Gasteiger partial charge in [0.1, 0.15) is 12.6 Å². The van der Waals surface area contributed by atoms with Crippen LogP contribution in [0.2, 0.25) is 0 Å². The molecule has 0 radical (unpaired) electrons. The number of hydrogen-bond acceptors (Lipinski definition) is 7. The molecule has 0 aromatic rings. The van der Waals surface area contributed by atoms with Crippen molar-refractivity contribution in [2.45, 2.75) is 193 Å². The quantitative estimate of drug-likeness (QED) is 0.0268. The lowest BCUT2D eigenvalue weighted by Crippen LogP contribution is -2.55. The Hall–Kier alpha value is -2.45. The van der Waals surface area contributed by atoms with Crippen molar-refractivity contribution in [3.05, 3.63) is 36.5 Å². The number of carbonyl (C=O) groups is 3. The number of quaternary nitrogens is 1. The molecule has 0 saturated carbocycles. The number of nitrogens with zero attached hydrogens (tertiary/aromatic N) is 1. The average Bonchev–Trinajstić information content (AvgIpc) is 3.11. The second-order valence-electron chi connectivity index (χ2n) is 15.6. The van der Waals surface area contributed by atoms with Crippen LogP contribution in [0.3, 0.4) is 0 Å². The van der Waals surface area contributed by atoms with E-state index in [0.717, 1.165) is 77.0 Å². The number of carbonyl (C=O) groups excluding carboxylic acids is 3. The molecule has 0 fully saturated rings. The fraction of sp³-hybridized carbons (Fsp3) is 0.800. The molecule has 0 saturated heterocycles. The molecule has 53 heavy (non-hydrogen) atoms. The van der Waals surface area contributed by atoms with E-state index in [1.54, 1.807) is 21.1 Å². The molecule has 2 unspecified atom stereocenters. The predicted octanol–water partition coefficient (Wildman–Crippen LogP) is 10.1. The van der Waals surface area contributed by atoms with Crippen LogP contribution in [0, 0.1) is 0 Å². The van der Waals surface area contributed by atoms with Crippen molar-refractivity contribution in [2.75, 3.05) is 41.0 Å². The van der Waals surface area contributed by atoms with Gasteiger partial charge in [-0.2, -0.15) is 0 Å². The van der Waals surface area contributed by atoms with Gasteiger partial charge in [-0.15, -0.1) is 0 Å². The average molecular weight is 748 g/mol. The topological polar surface area (TPSA) is 102 Å². The van der Waals surface area contributed by atoms with Gasteiger partial charge in [-0.3, -0.25) is 9.59 Å². The summed E-state index contributed by atoms with van der Waals surface area (Å²) in [5, 5.41) is 11.6. The molecule has 8 nitrogen and oxygen atoms in total. The number of hydrogen-bond donors (Lipinski definition) is 0. The molecule has 0 bridgehead atoms. The van der Waals surface area contributed by atoms with Crippen molar-refractivity contribution in [1.29, 1.82) is 0 Å². The van der Waals surface area contributed by atoms with Gasteiger partial charge in [0.05, 0.1) is 40.3 Å². The van der Waals surface area contributed by atoms with Gasteiger partial charge in [-0.05, 0) is 70.6 Å². The molecule has 0 aromatic heterocycles. The van der Waals surface area contributed by atoms with E-state index in [-0.39, 0.29) is 42.7 Å². The highest BCUT2D eigenvalue weighted by molar-refractivity contribution is 5.70. The first kappa shape index (κ1) is 50.5. The van der Waals surface area contributed by atoms with Gasteiger partial charge < -0.3 is 28.6 Å². The SMILES string of the molecule is CCCCC/C=C\C/C=C\CCCCCCCC(=O)OC(COCCC(C(=O)[O-])[N+](C)(C)C)COC(=O)CCCCCCC/C=C\CCCCCCC. The lowest BCUT2D eigenvalue weighted by molar-refractivity contribution is -0.889. The summed E-state index contributed by atoms with van der Waals surface area (Å²) in [4.78, 5) is 36.8. The number of rotatable bonds is 38. The molecular formula is C45H81NO7. The number of allylic oxidation sites excluding steroid dienone is 6. The van der Waals surface area contributed by atoms with Crippen molar-refractivity contribution in [3.8, 4) is 0 Å². The lowest BCUT2D eigenvalue weighted by Gasteiger charge is -2.34. The van der Waals surface area contributed by atoms with Crippen molar-refractivity contribution in [1.82, 2.24) is 0 Å². The van der Waals surface area contributed by atoms with Gasteiger partial charge in [-0.25, -0.2) is 0 Å². The van der Waals surface area contributed by atoms with Gasteiger partial charge in [0.15, 0.2) is 6.10 Å². The van der Waals surface area contributed by atoms with E-state index in [1.807, 2.05) is 0 Å². The first-order chi connectivity index (χ1) is 25.6. The molecular weight excluding hydrogens is 666 g/mol. The molecule has 0 N–H and O–H groups in total. The zero-order valence-electron chi connectivity index (χ0n) is 34.9. The summed E-state index contributed by atoms with van der Waals surface area (Å²) in [5.41, 5.74) is 0. The molecule has 0 spiro atoms. The van der Waals surface area contributed by atoms with E-state index in [4.69, 9.17) is 14.2 Å². The van der Waals surface area contributed by atoms with Crippen LogP contribution in [0.4, 0.5) is 0 Å². The van der Waals surface area contributed by atoms with Gasteiger partial charge in [0, 0.05) is 19.3 Å². The summed E-state index contributed by atoms with van der Waals surface area (Å²) >= 11 is 0. The molecule has 308 valence electrons. The maximum Gasteiger partial charge on any atom is 0.306 e. The summed E-state index contributed by atoms with van der Waals surface area (Å²) in [6, 6.07) is -0.728. The molecule has 0 aliphatic heterocycles. The highest BCUT2D eigenvalue weighted by Crippen LogP contribution is 2.13. The van der Waals surface area contributed by atoms with E-state index in [0.29, 0.717) is 12.8 Å². The minimum Gasteiger partial charge on any atom is -0.544 e. The van der Waals surface area contributed by atoms with Crippen LogP contribution in [-0.2, 0) is 28.6 Å². The molecule has 0 aliphatic carbocycles. The Morgan fingerprint density at radius 2 is 1.00 bits per heavy atom. The van der Waals surface area contributed by atoms with Crippen molar-refractivity contribution in [3.63, 3.8) is 0 Å². The second kappa shape index (κ2) is 36.5. The van der Waals surface area contributed by atoms with E-state index in [2.05, 4.69) is 50.3 Å². The number of likely N-dealkylation sites (N-methyl/N-ethyl adjacent to an activating group) is 1. The maximum absolute atomic E-state index is 12.7. The molecule has 8 heteroatoms. The van der Waals surface area contributed by atoms with E-state index < -0.39 is 18.1 Å². The highest BCUT2D eigenvalue weighted by atomic mass is 16.6. The summed E-state index contributed by atoms with van der Waals surface area (Å²) in [7, 11) is 5.40. The predicted molar refractivity (Wildman–Crippen MR) is 217 cm³/mol. The van der Waals surface area contributed by atoms with Crippen molar-refractivity contribution < 1.29 is 38.2 Å². The Balaban J connectivity index is 4.40. The van der Waals surface area contributed by atoms with Gasteiger partial charge in [0.25, 0.3) is 0 Å². The third-order valence-corrected chi connectivity index (χ3v) is 9.50. The van der Waals surface area contributed by atoms with Gasteiger partial charge in [0.2, 0.25) is 0 Å². The number of ether oxygens (including phenoxy) is 3. The number of esters is 2. The Kier molecular flexibility index (Phi) is 34.8. The maximum atomic E-state index is 12.7. The first-order valence-corrected chi connectivity index (χ1v) is 21.5.